The second-order valence-electron chi connectivity index (χ2n) is 4.41. The van der Waals surface area contributed by atoms with E-state index in [1.54, 1.807) is 0 Å². The van der Waals surface area contributed by atoms with Gasteiger partial charge in [-0.25, -0.2) is 4.79 Å². The Labute approximate surface area is 90.3 Å². The maximum atomic E-state index is 11.3. The summed E-state index contributed by atoms with van der Waals surface area (Å²) in [4.78, 5) is 23.7. The van der Waals surface area contributed by atoms with Crippen molar-refractivity contribution in [3.8, 4) is 0 Å². The normalized spacial score (nSPS) is 30.9. The molecular weight excluding hydrogens is 194 g/mol. The Morgan fingerprint density at radius 1 is 1.53 bits per heavy atom. The van der Waals surface area contributed by atoms with E-state index in [4.69, 9.17) is 0 Å². The monoisotopic (exact) mass is 213 g/mol. The van der Waals surface area contributed by atoms with Gasteiger partial charge in [0.15, 0.2) is 0 Å². The highest BCUT2D eigenvalue weighted by Gasteiger charge is 2.45. The van der Waals surface area contributed by atoms with Gasteiger partial charge >= 0.3 is 5.97 Å². The van der Waals surface area contributed by atoms with Crippen molar-refractivity contribution in [2.45, 2.75) is 45.1 Å². The van der Waals surface area contributed by atoms with Crippen LogP contribution in [0.1, 0.15) is 39.5 Å². The van der Waals surface area contributed by atoms with Crippen LogP contribution in [0.5, 0.6) is 0 Å². The van der Waals surface area contributed by atoms with E-state index in [2.05, 4.69) is 6.92 Å². The molecule has 86 valence electrons. The van der Waals surface area contributed by atoms with Gasteiger partial charge in [-0.3, -0.25) is 4.79 Å². The van der Waals surface area contributed by atoms with Gasteiger partial charge in [0, 0.05) is 6.54 Å². The van der Waals surface area contributed by atoms with Crippen LogP contribution in [-0.4, -0.2) is 34.5 Å². The van der Waals surface area contributed by atoms with Crippen LogP contribution >= 0.6 is 0 Å². The van der Waals surface area contributed by atoms with E-state index in [1.807, 2.05) is 6.92 Å². The number of amides is 1. The Morgan fingerprint density at radius 2 is 2.07 bits per heavy atom. The van der Waals surface area contributed by atoms with Crippen molar-refractivity contribution < 1.29 is 14.7 Å². The molecule has 1 saturated carbocycles. The van der Waals surface area contributed by atoms with Crippen molar-refractivity contribution in [1.82, 2.24) is 4.90 Å². The number of hydrogen-bond acceptors (Lipinski definition) is 2. The molecule has 1 rings (SSSR count). The first kappa shape index (κ1) is 12.0. The van der Waals surface area contributed by atoms with Crippen molar-refractivity contribution in [2.75, 3.05) is 6.54 Å². The lowest BCUT2D eigenvalue weighted by Gasteiger charge is -2.42. The average Bonchev–Trinajstić information content (AvgIpc) is 2.22. The molecule has 0 atom stereocenters. The summed E-state index contributed by atoms with van der Waals surface area (Å²) in [6, 6.07) is 0. The molecule has 15 heavy (non-hydrogen) atoms. The lowest BCUT2D eigenvalue weighted by molar-refractivity contribution is -0.158. The zero-order valence-corrected chi connectivity index (χ0v) is 9.40. The van der Waals surface area contributed by atoms with Gasteiger partial charge in [-0.15, -0.1) is 0 Å². The third kappa shape index (κ3) is 2.13. The molecule has 0 unspecified atom stereocenters. The summed E-state index contributed by atoms with van der Waals surface area (Å²) in [5.41, 5.74) is -0.941. The Bertz CT molecular complexity index is 244. The smallest absolute Gasteiger partial charge is 0.329 e. The van der Waals surface area contributed by atoms with Crippen molar-refractivity contribution in [2.24, 2.45) is 5.92 Å². The summed E-state index contributed by atoms with van der Waals surface area (Å²) in [7, 11) is 0. The number of carbonyl (C=O) groups is 2. The molecule has 4 heteroatoms. The van der Waals surface area contributed by atoms with Crippen LogP contribution in [0, 0.1) is 5.92 Å². The van der Waals surface area contributed by atoms with Gasteiger partial charge in [0.25, 0.3) is 0 Å². The highest BCUT2D eigenvalue weighted by atomic mass is 16.4. The average molecular weight is 213 g/mol. The van der Waals surface area contributed by atoms with Gasteiger partial charge in [0.1, 0.15) is 5.54 Å². The minimum absolute atomic E-state index is 0.462. The van der Waals surface area contributed by atoms with Crippen LogP contribution < -0.4 is 0 Å². The number of likely N-dealkylation sites (N-methyl/N-ethyl adjacent to an activating group) is 1. The lowest BCUT2D eigenvalue weighted by Crippen LogP contribution is -2.55. The van der Waals surface area contributed by atoms with Crippen molar-refractivity contribution in [3.05, 3.63) is 0 Å². The first-order valence-corrected chi connectivity index (χ1v) is 5.52. The van der Waals surface area contributed by atoms with E-state index in [9.17, 15) is 14.7 Å². The molecule has 0 aromatic heterocycles. The number of aliphatic carboxylic acids is 1. The molecule has 0 spiro atoms. The quantitative estimate of drug-likeness (QED) is 0.720. The summed E-state index contributed by atoms with van der Waals surface area (Å²) in [5.74, 6) is -0.286. The largest absolute Gasteiger partial charge is 0.479 e. The highest BCUT2D eigenvalue weighted by molar-refractivity contribution is 5.81. The van der Waals surface area contributed by atoms with E-state index < -0.39 is 11.5 Å². The number of carboxylic acid groups (broad SMARTS) is 1. The number of carboxylic acids is 1. The number of carbonyl (C=O) groups excluding carboxylic acids is 1. The fourth-order valence-electron chi connectivity index (χ4n) is 2.34. The van der Waals surface area contributed by atoms with Gasteiger partial charge in [-0.05, 0) is 38.5 Å². The standard InChI is InChI=1S/C11H19NO3/c1-3-12(8-13)11(10(14)15)6-4-9(2)5-7-11/h8-9H,3-7H2,1-2H3,(H,14,15). The predicted molar refractivity (Wildman–Crippen MR) is 56.4 cm³/mol. The summed E-state index contributed by atoms with van der Waals surface area (Å²) in [5, 5.41) is 9.31. The fraction of sp³-hybridized carbons (Fsp3) is 0.818. The first-order chi connectivity index (χ1) is 7.06. The SMILES string of the molecule is CCN(C=O)C1(C(=O)O)CCC(C)CC1. The Kier molecular flexibility index (Phi) is 3.72. The molecule has 0 saturated heterocycles. The molecule has 4 nitrogen and oxygen atoms in total. The van der Waals surface area contributed by atoms with Crippen molar-refractivity contribution >= 4 is 12.4 Å². The van der Waals surface area contributed by atoms with Gasteiger partial charge in [0.05, 0.1) is 0 Å². The first-order valence-electron chi connectivity index (χ1n) is 5.52. The number of nitrogens with zero attached hydrogens (tertiary/aromatic N) is 1. The van der Waals surface area contributed by atoms with Crippen LogP contribution in [0.3, 0.4) is 0 Å². The zero-order chi connectivity index (χ0) is 11.5. The van der Waals surface area contributed by atoms with E-state index in [1.165, 1.54) is 4.90 Å². The highest BCUT2D eigenvalue weighted by Crippen LogP contribution is 2.36. The molecule has 0 aromatic carbocycles. The minimum atomic E-state index is -0.941. The lowest BCUT2D eigenvalue weighted by atomic mass is 9.76. The maximum absolute atomic E-state index is 11.3. The predicted octanol–water partition coefficient (Wildman–Crippen LogP) is 1.50. The summed E-state index contributed by atoms with van der Waals surface area (Å²) in [6.45, 7) is 4.41. The summed E-state index contributed by atoms with van der Waals surface area (Å²) in [6.07, 6.45) is 3.60. The van der Waals surface area contributed by atoms with Gasteiger partial charge < -0.3 is 10.0 Å². The third-order valence-electron chi connectivity index (χ3n) is 3.52. The molecule has 0 heterocycles. The maximum Gasteiger partial charge on any atom is 0.329 e. The molecule has 1 aliphatic rings. The van der Waals surface area contributed by atoms with E-state index >= 15 is 0 Å². The second kappa shape index (κ2) is 4.64. The Hall–Kier alpha value is -1.06. The molecule has 1 amide bonds. The van der Waals surface area contributed by atoms with Crippen molar-refractivity contribution in [3.63, 3.8) is 0 Å². The summed E-state index contributed by atoms with van der Waals surface area (Å²) < 4.78 is 0. The third-order valence-corrected chi connectivity index (χ3v) is 3.52. The minimum Gasteiger partial charge on any atom is -0.479 e. The molecule has 1 aliphatic carbocycles. The van der Waals surface area contributed by atoms with Gasteiger partial charge in [0.2, 0.25) is 6.41 Å². The fourth-order valence-corrected chi connectivity index (χ4v) is 2.34. The number of rotatable bonds is 4. The summed E-state index contributed by atoms with van der Waals surface area (Å²) >= 11 is 0. The zero-order valence-electron chi connectivity index (χ0n) is 9.40. The van der Waals surface area contributed by atoms with E-state index in [0.717, 1.165) is 12.8 Å². The van der Waals surface area contributed by atoms with Gasteiger partial charge in [-0.1, -0.05) is 6.92 Å². The molecular formula is C11H19NO3. The van der Waals surface area contributed by atoms with Gasteiger partial charge in [-0.2, -0.15) is 0 Å². The van der Waals surface area contributed by atoms with Crippen LogP contribution in [0.25, 0.3) is 0 Å². The molecule has 0 aromatic rings. The van der Waals surface area contributed by atoms with Crippen LogP contribution in [-0.2, 0) is 9.59 Å². The molecule has 0 aliphatic heterocycles. The Morgan fingerprint density at radius 3 is 2.40 bits per heavy atom. The molecule has 0 bridgehead atoms. The molecule has 1 N–H and O–H groups in total. The van der Waals surface area contributed by atoms with E-state index in [0.29, 0.717) is 31.7 Å². The number of hydrogen-bond donors (Lipinski definition) is 1. The van der Waals surface area contributed by atoms with Crippen LogP contribution in [0.2, 0.25) is 0 Å². The Balaban J connectivity index is 2.88. The second-order valence-corrected chi connectivity index (χ2v) is 4.41. The molecule has 0 radical (unpaired) electrons. The van der Waals surface area contributed by atoms with E-state index in [-0.39, 0.29) is 0 Å². The van der Waals surface area contributed by atoms with Crippen molar-refractivity contribution in [1.29, 1.82) is 0 Å². The van der Waals surface area contributed by atoms with Crippen LogP contribution in [0.15, 0.2) is 0 Å². The van der Waals surface area contributed by atoms with Crippen LogP contribution in [0.4, 0.5) is 0 Å². The molecule has 1 fully saturated rings. The topological polar surface area (TPSA) is 57.6 Å².